The van der Waals surface area contributed by atoms with Gasteiger partial charge in [-0.25, -0.2) is 0 Å². The average Bonchev–Trinajstić information content (AvgIpc) is 2.87. The second-order valence-electron chi connectivity index (χ2n) is 5.69. The van der Waals surface area contributed by atoms with Gasteiger partial charge in [0.25, 0.3) is 5.91 Å². The Hall–Kier alpha value is -3.09. The van der Waals surface area contributed by atoms with E-state index in [2.05, 4.69) is 16.2 Å². The van der Waals surface area contributed by atoms with Gasteiger partial charge in [0.05, 0.1) is 5.56 Å². The van der Waals surface area contributed by atoms with Crippen molar-refractivity contribution in [1.82, 2.24) is 20.7 Å². The van der Waals surface area contributed by atoms with Gasteiger partial charge < -0.3 is 9.88 Å². The highest BCUT2D eigenvalue weighted by Gasteiger charge is 2.17. The van der Waals surface area contributed by atoms with Crippen LogP contribution in [0.3, 0.4) is 0 Å². The largest absolute Gasteiger partial charge is 0.356 e. The number of hydrogen-bond donors (Lipinski definition) is 3. The highest BCUT2D eigenvalue weighted by molar-refractivity contribution is 5.97. The smallest absolute Gasteiger partial charge is 0.271 e. The topological polar surface area (TPSA) is 92.2 Å². The molecule has 2 rings (SSSR count). The maximum Gasteiger partial charge on any atom is 0.271 e. The lowest BCUT2D eigenvalue weighted by atomic mass is 10.2. The zero-order chi connectivity index (χ0) is 18.4. The van der Waals surface area contributed by atoms with E-state index in [9.17, 15) is 14.4 Å². The number of amides is 3. The number of rotatable bonds is 5. The number of hydrazine groups is 1. The summed E-state index contributed by atoms with van der Waals surface area (Å²) in [4.78, 5) is 34.7. The SMILES string of the molecule is CC(=O)NCCC(=O)NNC(=O)c1cc(C)n(-c2ccccc2)c1C. The molecule has 0 atom stereocenters. The van der Waals surface area contributed by atoms with E-state index in [1.807, 2.05) is 48.7 Å². The van der Waals surface area contributed by atoms with Crippen LogP contribution in [0.15, 0.2) is 36.4 Å². The van der Waals surface area contributed by atoms with E-state index in [1.54, 1.807) is 6.07 Å². The van der Waals surface area contributed by atoms with Gasteiger partial charge in [-0.1, -0.05) is 18.2 Å². The normalized spacial score (nSPS) is 10.2. The molecule has 0 saturated heterocycles. The molecule has 1 aromatic heterocycles. The molecule has 0 aliphatic rings. The summed E-state index contributed by atoms with van der Waals surface area (Å²) >= 11 is 0. The van der Waals surface area contributed by atoms with Gasteiger partial charge in [-0.15, -0.1) is 0 Å². The van der Waals surface area contributed by atoms with Crippen molar-refractivity contribution >= 4 is 17.7 Å². The third-order valence-corrected chi connectivity index (χ3v) is 3.73. The molecule has 2 aromatic rings. The highest BCUT2D eigenvalue weighted by Crippen LogP contribution is 2.20. The number of benzene rings is 1. The molecule has 1 heterocycles. The first-order valence-electron chi connectivity index (χ1n) is 7.98. The highest BCUT2D eigenvalue weighted by atomic mass is 16.2. The van der Waals surface area contributed by atoms with E-state index in [4.69, 9.17) is 0 Å². The lowest BCUT2D eigenvalue weighted by Gasteiger charge is -2.10. The van der Waals surface area contributed by atoms with Crippen LogP contribution in [0.5, 0.6) is 0 Å². The monoisotopic (exact) mass is 342 g/mol. The van der Waals surface area contributed by atoms with E-state index in [0.717, 1.165) is 17.1 Å². The Kier molecular flexibility index (Phi) is 5.94. The molecular weight excluding hydrogens is 320 g/mol. The summed E-state index contributed by atoms with van der Waals surface area (Å²) in [5.74, 6) is -0.965. The summed E-state index contributed by atoms with van der Waals surface area (Å²) < 4.78 is 1.98. The van der Waals surface area contributed by atoms with Gasteiger partial charge in [0.1, 0.15) is 0 Å². The fraction of sp³-hybridized carbons (Fsp3) is 0.278. The zero-order valence-corrected chi connectivity index (χ0v) is 14.6. The predicted molar refractivity (Wildman–Crippen MR) is 94.2 cm³/mol. The molecule has 0 spiro atoms. The van der Waals surface area contributed by atoms with Crippen LogP contribution in [0.1, 0.15) is 35.1 Å². The number of aromatic nitrogens is 1. The fourth-order valence-corrected chi connectivity index (χ4v) is 2.58. The molecule has 0 aliphatic heterocycles. The molecule has 0 bridgehead atoms. The van der Waals surface area contributed by atoms with Gasteiger partial charge in [0.15, 0.2) is 0 Å². The standard InChI is InChI=1S/C18H22N4O3/c1-12-11-16(13(2)22(12)15-7-5-4-6-8-15)18(25)21-20-17(24)9-10-19-14(3)23/h4-8,11H,9-10H2,1-3H3,(H,19,23)(H,20,24)(H,21,25). The van der Waals surface area contributed by atoms with Crippen molar-refractivity contribution in [2.45, 2.75) is 27.2 Å². The summed E-state index contributed by atoms with van der Waals surface area (Å²) in [7, 11) is 0. The van der Waals surface area contributed by atoms with E-state index < -0.39 is 0 Å². The third-order valence-electron chi connectivity index (χ3n) is 3.73. The first-order chi connectivity index (χ1) is 11.9. The van der Waals surface area contributed by atoms with Crippen LogP contribution in [0.4, 0.5) is 0 Å². The molecule has 25 heavy (non-hydrogen) atoms. The zero-order valence-electron chi connectivity index (χ0n) is 14.6. The number of carbonyl (C=O) groups is 3. The molecular formula is C18H22N4O3. The molecule has 3 amide bonds. The Morgan fingerprint density at radius 2 is 1.72 bits per heavy atom. The first-order valence-corrected chi connectivity index (χ1v) is 7.98. The van der Waals surface area contributed by atoms with Crippen molar-refractivity contribution in [1.29, 1.82) is 0 Å². The van der Waals surface area contributed by atoms with Crippen LogP contribution in [0.25, 0.3) is 5.69 Å². The summed E-state index contributed by atoms with van der Waals surface area (Å²) in [6.45, 7) is 5.37. The van der Waals surface area contributed by atoms with E-state index in [0.29, 0.717) is 5.56 Å². The number of para-hydroxylation sites is 1. The molecule has 7 heteroatoms. The van der Waals surface area contributed by atoms with E-state index >= 15 is 0 Å². The Morgan fingerprint density at radius 3 is 2.36 bits per heavy atom. The van der Waals surface area contributed by atoms with Crippen LogP contribution in [-0.2, 0) is 9.59 Å². The van der Waals surface area contributed by atoms with E-state index in [-0.39, 0.29) is 30.7 Å². The Bertz CT molecular complexity index is 781. The van der Waals surface area contributed by atoms with Crippen LogP contribution < -0.4 is 16.2 Å². The summed E-state index contributed by atoms with van der Waals surface area (Å²) in [6, 6.07) is 11.5. The van der Waals surface area contributed by atoms with Crippen LogP contribution >= 0.6 is 0 Å². The number of carbonyl (C=O) groups excluding carboxylic acids is 3. The summed E-state index contributed by atoms with van der Waals surface area (Å²) in [5.41, 5.74) is 7.92. The Morgan fingerprint density at radius 1 is 1.04 bits per heavy atom. The minimum atomic E-state index is -0.386. The maximum atomic E-state index is 12.3. The van der Waals surface area contributed by atoms with Gasteiger partial charge in [-0.05, 0) is 32.0 Å². The minimum Gasteiger partial charge on any atom is -0.356 e. The van der Waals surface area contributed by atoms with Crippen molar-refractivity contribution in [3.8, 4) is 5.69 Å². The van der Waals surface area contributed by atoms with Crippen LogP contribution in [0.2, 0.25) is 0 Å². The number of aryl methyl sites for hydroxylation is 1. The van der Waals surface area contributed by atoms with Gasteiger partial charge in [0, 0.05) is 37.0 Å². The van der Waals surface area contributed by atoms with Gasteiger partial charge in [-0.3, -0.25) is 25.2 Å². The number of hydrogen-bond acceptors (Lipinski definition) is 3. The molecule has 0 unspecified atom stereocenters. The molecule has 1 aromatic carbocycles. The molecule has 0 radical (unpaired) electrons. The summed E-state index contributed by atoms with van der Waals surface area (Å²) in [6.07, 6.45) is 0.0862. The van der Waals surface area contributed by atoms with Crippen molar-refractivity contribution in [3.05, 3.63) is 53.3 Å². The van der Waals surface area contributed by atoms with Crippen molar-refractivity contribution in [2.24, 2.45) is 0 Å². The number of nitrogens with zero attached hydrogens (tertiary/aromatic N) is 1. The van der Waals surface area contributed by atoms with Gasteiger partial charge >= 0.3 is 0 Å². The van der Waals surface area contributed by atoms with Gasteiger partial charge in [-0.2, -0.15) is 0 Å². The minimum absolute atomic E-state index is 0.0862. The Labute approximate surface area is 146 Å². The first kappa shape index (κ1) is 18.3. The van der Waals surface area contributed by atoms with Gasteiger partial charge in [0.2, 0.25) is 11.8 Å². The van der Waals surface area contributed by atoms with Crippen molar-refractivity contribution < 1.29 is 14.4 Å². The van der Waals surface area contributed by atoms with E-state index in [1.165, 1.54) is 6.92 Å². The molecule has 0 saturated carbocycles. The number of nitrogens with one attached hydrogen (secondary N) is 3. The predicted octanol–water partition coefficient (Wildman–Crippen LogP) is 1.38. The van der Waals surface area contributed by atoms with Crippen LogP contribution in [0, 0.1) is 13.8 Å². The second kappa shape index (κ2) is 8.14. The molecule has 0 aliphatic carbocycles. The molecule has 0 fully saturated rings. The lowest BCUT2D eigenvalue weighted by Crippen LogP contribution is -2.42. The molecule has 3 N–H and O–H groups in total. The van der Waals surface area contributed by atoms with Crippen molar-refractivity contribution in [2.75, 3.05) is 6.54 Å². The second-order valence-corrected chi connectivity index (χ2v) is 5.69. The molecule has 132 valence electrons. The average molecular weight is 342 g/mol. The molecule has 7 nitrogen and oxygen atoms in total. The summed E-state index contributed by atoms with van der Waals surface area (Å²) in [5, 5.41) is 2.52. The third kappa shape index (κ3) is 4.69. The quantitative estimate of drug-likeness (QED) is 0.717. The van der Waals surface area contributed by atoms with Crippen LogP contribution in [-0.4, -0.2) is 28.8 Å². The fourth-order valence-electron chi connectivity index (χ4n) is 2.58. The maximum absolute atomic E-state index is 12.3. The Balaban J connectivity index is 2.01. The lowest BCUT2D eigenvalue weighted by molar-refractivity contribution is -0.122. The van der Waals surface area contributed by atoms with Crippen molar-refractivity contribution in [3.63, 3.8) is 0 Å².